The first-order chi connectivity index (χ1) is 13.6. The second-order valence-corrected chi connectivity index (χ2v) is 7.36. The molecule has 0 bridgehead atoms. The number of amides is 1. The topological polar surface area (TPSA) is 51.0 Å². The van der Waals surface area contributed by atoms with Gasteiger partial charge >= 0.3 is 0 Å². The Bertz CT molecular complexity index is 929. The van der Waals surface area contributed by atoms with Gasteiger partial charge < -0.3 is 4.90 Å². The Hall–Kier alpha value is -2.67. The first kappa shape index (κ1) is 20.1. The van der Waals surface area contributed by atoms with Crippen LogP contribution in [-0.2, 0) is 4.79 Å². The van der Waals surface area contributed by atoms with Crippen LogP contribution in [0, 0.1) is 5.82 Å². The van der Waals surface area contributed by atoms with Gasteiger partial charge in [-0.25, -0.2) is 4.39 Å². The van der Waals surface area contributed by atoms with Gasteiger partial charge in [-0.05, 0) is 30.7 Å². The molecule has 0 fully saturated rings. The summed E-state index contributed by atoms with van der Waals surface area (Å²) in [7, 11) is 1.81. The molecule has 0 saturated heterocycles. The standard InChI is InChI=1S/C21H23FN4OS/c1-3-4-14-25(2)19(27)15-28-21-24-23-20(17-12-8-9-13-18(17)22)26(21)16-10-6-5-7-11-16/h5-13H,3-4,14-15H2,1-2H3. The Morgan fingerprint density at radius 2 is 1.82 bits per heavy atom. The second-order valence-electron chi connectivity index (χ2n) is 6.41. The van der Waals surface area contributed by atoms with Gasteiger partial charge in [0.2, 0.25) is 5.91 Å². The number of carbonyl (C=O) groups excluding carboxylic acids is 1. The van der Waals surface area contributed by atoms with E-state index in [9.17, 15) is 9.18 Å². The quantitative estimate of drug-likeness (QED) is 0.527. The molecule has 1 aromatic heterocycles. The number of para-hydroxylation sites is 1. The molecule has 0 aliphatic rings. The van der Waals surface area contributed by atoms with Gasteiger partial charge in [0.05, 0.1) is 11.3 Å². The Kier molecular flexibility index (Phi) is 6.81. The van der Waals surface area contributed by atoms with Crippen molar-refractivity contribution in [1.82, 2.24) is 19.7 Å². The van der Waals surface area contributed by atoms with Crippen molar-refractivity contribution in [3.63, 3.8) is 0 Å². The van der Waals surface area contributed by atoms with Crippen molar-refractivity contribution in [1.29, 1.82) is 0 Å². The minimum atomic E-state index is -0.362. The zero-order chi connectivity index (χ0) is 19.9. The van der Waals surface area contributed by atoms with E-state index in [-0.39, 0.29) is 17.5 Å². The van der Waals surface area contributed by atoms with Crippen molar-refractivity contribution in [2.75, 3.05) is 19.3 Å². The largest absolute Gasteiger partial charge is 0.345 e. The summed E-state index contributed by atoms with van der Waals surface area (Å²) in [4.78, 5) is 14.1. The molecule has 1 heterocycles. The Labute approximate surface area is 168 Å². The van der Waals surface area contributed by atoms with Gasteiger partial charge in [0.25, 0.3) is 0 Å². The summed E-state index contributed by atoms with van der Waals surface area (Å²) in [5.41, 5.74) is 1.19. The average Bonchev–Trinajstić information content (AvgIpc) is 3.14. The zero-order valence-electron chi connectivity index (χ0n) is 16.0. The van der Waals surface area contributed by atoms with Crippen LogP contribution in [-0.4, -0.2) is 44.9 Å². The molecule has 7 heteroatoms. The van der Waals surface area contributed by atoms with Gasteiger partial charge in [-0.3, -0.25) is 9.36 Å². The second kappa shape index (κ2) is 9.50. The number of rotatable bonds is 8. The molecule has 0 N–H and O–H groups in total. The van der Waals surface area contributed by atoms with E-state index in [0.717, 1.165) is 25.1 Å². The van der Waals surface area contributed by atoms with Gasteiger partial charge in [-0.15, -0.1) is 10.2 Å². The summed E-state index contributed by atoms with van der Waals surface area (Å²) >= 11 is 1.31. The van der Waals surface area contributed by atoms with Crippen LogP contribution in [0.15, 0.2) is 59.8 Å². The lowest BCUT2D eigenvalue weighted by atomic mass is 10.2. The Morgan fingerprint density at radius 3 is 2.54 bits per heavy atom. The minimum Gasteiger partial charge on any atom is -0.345 e. The smallest absolute Gasteiger partial charge is 0.232 e. The highest BCUT2D eigenvalue weighted by Gasteiger charge is 2.20. The molecule has 0 aliphatic carbocycles. The van der Waals surface area contributed by atoms with E-state index in [2.05, 4.69) is 17.1 Å². The van der Waals surface area contributed by atoms with Crippen LogP contribution in [0.4, 0.5) is 4.39 Å². The maximum atomic E-state index is 14.4. The number of hydrogen-bond donors (Lipinski definition) is 0. The van der Waals surface area contributed by atoms with E-state index in [4.69, 9.17) is 0 Å². The number of halogens is 1. The maximum absolute atomic E-state index is 14.4. The molecule has 0 spiro atoms. The third-order valence-corrected chi connectivity index (χ3v) is 5.27. The predicted octanol–water partition coefficient (Wildman–Crippen LogP) is 4.42. The fourth-order valence-electron chi connectivity index (χ4n) is 2.75. The predicted molar refractivity (Wildman–Crippen MR) is 110 cm³/mol. The monoisotopic (exact) mass is 398 g/mol. The fourth-order valence-corrected chi connectivity index (χ4v) is 3.64. The molecule has 28 heavy (non-hydrogen) atoms. The molecular formula is C21H23FN4OS. The van der Waals surface area contributed by atoms with Crippen LogP contribution in [0.1, 0.15) is 19.8 Å². The third-order valence-electron chi connectivity index (χ3n) is 4.36. The molecule has 3 aromatic rings. The fraction of sp³-hybridized carbons (Fsp3) is 0.286. The van der Waals surface area contributed by atoms with Gasteiger partial charge in [-0.1, -0.05) is 55.4 Å². The summed E-state index contributed by atoms with van der Waals surface area (Å²) in [6, 6.07) is 16.0. The van der Waals surface area contributed by atoms with Crippen molar-refractivity contribution in [2.45, 2.75) is 24.9 Å². The van der Waals surface area contributed by atoms with E-state index in [1.54, 1.807) is 27.7 Å². The molecule has 0 saturated carbocycles. The summed E-state index contributed by atoms with van der Waals surface area (Å²) in [6.45, 7) is 2.83. The van der Waals surface area contributed by atoms with E-state index in [0.29, 0.717) is 16.5 Å². The lowest BCUT2D eigenvalue weighted by Crippen LogP contribution is -2.29. The normalized spacial score (nSPS) is 10.8. The molecule has 3 rings (SSSR count). The van der Waals surface area contributed by atoms with Gasteiger partial charge in [0.15, 0.2) is 11.0 Å². The van der Waals surface area contributed by atoms with Crippen LogP contribution in [0.3, 0.4) is 0 Å². The Morgan fingerprint density at radius 1 is 1.11 bits per heavy atom. The maximum Gasteiger partial charge on any atom is 0.232 e. The highest BCUT2D eigenvalue weighted by atomic mass is 32.2. The molecule has 0 atom stereocenters. The summed E-state index contributed by atoms with van der Waals surface area (Å²) < 4.78 is 16.2. The van der Waals surface area contributed by atoms with Crippen molar-refractivity contribution in [3.05, 3.63) is 60.4 Å². The lowest BCUT2D eigenvalue weighted by molar-refractivity contribution is -0.127. The summed E-state index contributed by atoms with van der Waals surface area (Å²) in [5.74, 6) is 0.341. The zero-order valence-corrected chi connectivity index (χ0v) is 16.8. The first-order valence-electron chi connectivity index (χ1n) is 9.24. The summed E-state index contributed by atoms with van der Waals surface area (Å²) in [6.07, 6.45) is 2.02. The van der Waals surface area contributed by atoms with Crippen molar-refractivity contribution in [2.24, 2.45) is 0 Å². The summed E-state index contributed by atoms with van der Waals surface area (Å²) in [5, 5.41) is 9.02. The number of unbranched alkanes of at least 4 members (excludes halogenated alkanes) is 1. The van der Waals surface area contributed by atoms with E-state index >= 15 is 0 Å². The molecule has 0 aliphatic heterocycles. The number of thioether (sulfide) groups is 1. The third kappa shape index (κ3) is 4.59. The van der Waals surface area contributed by atoms with E-state index in [1.807, 2.05) is 37.4 Å². The molecule has 146 valence electrons. The van der Waals surface area contributed by atoms with Crippen molar-refractivity contribution in [3.8, 4) is 17.1 Å². The number of aromatic nitrogens is 3. The lowest BCUT2D eigenvalue weighted by Gasteiger charge is -2.16. The van der Waals surface area contributed by atoms with Crippen LogP contribution in [0.25, 0.3) is 17.1 Å². The number of hydrogen-bond acceptors (Lipinski definition) is 4. The first-order valence-corrected chi connectivity index (χ1v) is 10.2. The van der Waals surface area contributed by atoms with Crippen LogP contribution in [0.2, 0.25) is 0 Å². The molecule has 0 radical (unpaired) electrons. The molecule has 1 amide bonds. The number of nitrogens with zero attached hydrogens (tertiary/aromatic N) is 4. The van der Waals surface area contributed by atoms with Crippen LogP contribution >= 0.6 is 11.8 Å². The highest BCUT2D eigenvalue weighted by Crippen LogP contribution is 2.29. The van der Waals surface area contributed by atoms with Crippen LogP contribution in [0.5, 0.6) is 0 Å². The molecule has 5 nitrogen and oxygen atoms in total. The van der Waals surface area contributed by atoms with Gasteiger partial charge in [-0.2, -0.15) is 0 Å². The Balaban J connectivity index is 1.90. The average molecular weight is 399 g/mol. The number of carbonyl (C=O) groups is 1. The SMILES string of the molecule is CCCCN(C)C(=O)CSc1nnc(-c2ccccc2F)n1-c1ccccc1. The minimum absolute atomic E-state index is 0.0357. The molecule has 0 unspecified atom stereocenters. The molecular weight excluding hydrogens is 375 g/mol. The van der Waals surface area contributed by atoms with Crippen LogP contribution < -0.4 is 0 Å². The van der Waals surface area contributed by atoms with E-state index in [1.165, 1.54) is 17.8 Å². The molecule has 2 aromatic carbocycles. The van der Waals surface area contributed by atoms with Crippen molar-refractivity contribution >= 4 is 17.7 Å². The van der Waals surface area contributed by atoms with Gasteiger partial charge in [0, 0.05) is 19.3 Å². The number of benzene rings is 2. The van der Waals surface area contributed by atoms with Crippen molar-refractivity contribution < 1.29 is 9.18 Å². The highest BCUT2D eigenvalue weighted by molar-refractivity contribution is 7.99. The van der Waals surface area contributed by atoms with Gasteiger partial charge in [0.1, 0.15) is 5.82 Å². The van der Waals surface area contributed by atoms with E-state index < -0.39 is 0 Å².